The molecule has 0 unspecified atom stereocenters. The van der Waals surface area contributed by atoms with Gasteiger partial charge in [0.25, 0.3) is 11.8 Å². The SMILES string of the molecule is Cl.NCC(F)(F)CNC(=O)c1cccc(N2CCCNC2=O)c1. The average Bonchev–Trinajstić information content (AvgIpc) is 2.53. The Bertz CT molecular complexity index is 571. The molecule has 0 aliphatic carbocycles. The van der Waals surface area contributed by atoms with Gasteiger partial charge in [0.15, 0.2) is 0 Å². The number of carbonyl (C=O) groups excluding carboxylic acids is 2. The van der Waals surface area contributed by atoms with Gasteiger partial charge in [0.2, 0.25) is 0 Å². The number of carbonyl (C=O) groups is 2. The van der Waals surface area contributed by atoms with Crippen molar-refractivity contribution in [1.82, 2.24) is 10.6 Å². The summed E-state index contributed by atoms with van der Waals surface area (Å²) >= 11 is 0. The molecular weight excluding hydrogens is 330 g/mol. The molecule has 0 aromatic heterocycles. The lowest BCUT2D eigenvalue weighted by Gasteiger charge is -2.27. The number of alkyl halides is 2. The standard InChI is InChI=1S/C14H18F2N4O2.ClH/c15-14(16,8-17)9-19-12(21)10-3-1-4-11(7-10)20-6-2-5-18-13(20)22;/h1,3-4,7H,2,5-6,8-9,17H2,(H,18,22)(H,19,21);1H. The predicted octanol–water partition coefficient (Wildman–Crippen LogP) is 1.35. The molecule has 6 nitrogen and oxygen atoms in total. The number of hydrogen-bond acceptors (Lipinski definition) is 3. The van der Waals surface area contributed by atoms with Crippen LogP contribution in [0.2, 0.25) is 0 Å². The molecule has 0 radical (unpaired) electrons. The number of benzene rings is 1. The Morgan fingerprint density at radius 1 is 1.43 bits per heavy atom. The van der Waals surface area contributed by atoms with Crippen LogP contribution in [0.4, 0.5) is 19.3 Å². The van der Waals surface area contributed by atoms with E-state index in [-0.39, 0.29) is 24.0 Å². The van der Waals surface area contributed by atoms with Crippen LogP contribution < -0.4 is 21.3 Å². The van der Waals surface area contributed by atoms with Crippen molar-refractivity contribution in [3.8, 4) is 0 Å². The molecule has 3 amide bonds. The summed E-state index contributed by atoms with van der Waals surface area (Å²) in [5, 5.41) is 4.85. The highest BCUT2D eigenvalue weighted by Crippen LogP contribution is 2.18. The molecule has 4 N–H and O–H groups in total. The van der Waals surface area contributed by atoms with Gasteiger partial charge in [-0.1, -0.05) is 6.07 Å². The predicted molar refractivity (Wildman–Crippen MR) is 85.4 cm³/mol. The van der Waals surface area contributed by atoms with Crippen LogP contribution in [0.15, 0.2) is 24.3 Å². The number of nitrogens with two attached hydrogens (primary N) is 1. The second kappa shape index (κ2) is 8.07. The molecule has 0 bridgehead atoms. The van der Waals surface area contributed by atoms with Gasteiger partial charge >= 0.3 is 6.03 Å². The number of halogens is 3. The van der Waals surface area contributed by atoms with E-state index in [4.69, 9.17) is 5.73 Å². The van der Waals surface area contributed by atoms with Crippen molar-refractivity contribution in [1.29, 1.82) is 0 Å². The van der Waals surface area contributed by atoms with E-state index in [1.54, 1.807) is 12.1 Å². The Balaban J connectivity index is 0.00000264. The molecule has 128 valence electrons. The summed E-state index contributed by atoms with van der Waals surface area (Å²) in [5.74, 6) is -3.77. The zero-order chi connectivity index (χ0) is 16.2. The molecule has 1 aromatic rings. The Morgan fingerprint density at radius 3 is 2.83 bits per heavy atom. The molecule has 1 fully saturated rings. The molecule has 0 saturated carbocycles. The van der Waals surface area contributed by atoms with E-state index < -0.39 is 24.9 Å². The van der Waals surface area contributed by atoms with E-state index in [0.29, 0.717) is 18.8 Å². The van der Waals surface area contributed by atoms with Gasteiger partial charge in [-0.15, -0.1) is 12.4 Å². The normalized spacial score (nSPS) is 14.7. The van der Waals surface area contributed by atoms with Crippen LogP contribution in [0.1, 0.15) is 16.8 Å². The van der Waals surface area contributed by atoms with Crippen LogP contribution in [0.5, 0.6) is 0 Å². The van der Waals surface area contributed by atoms with Crippen LogP contribution in [-0.4, -0.2) is 44.0 Å². The monoisotopic (exact) mass is 348 g/mol. The molecular formula is C14H19ClF2N4O2. The Labute approximate surface area is 138 Å². The van der Waals surface area contributed by atoms with E-state index in [1.807, 2.05) is 0 Å². The van der Waals surface area contributed by atoms with Gasteiger partial charge in [-0.2, -0.15) is 0 Å². The van der Waals surface area contributed by atoms with E-state index in [0.717, 1.165) is 6.42 Å². The summed E-state index contributed by atoms with van der Waals surface area (Å²) in [5.41, 5.74) is 5.68. The largest absolute Gasteiger partial charge is 0.346 e. The topological polar surface area (TPSA) is 87.5 Å². The second-order valence-electron chi connectivity index (χ2n) is 5.03. The highest BCUT2D eigenvalue weighted by Gasteiger charge is 2.27. The van der Waals surface area contributed by atoms with Crippen LogP contribution in [-0.2, 0) is 0 Å². The van der Waals surface area contributed by atoms with Gasteiger partial charge in [0.05, 0.1) is 13.1 Å². The zero-order valence-electron chi connectivity index (χ0n) is 12.4. The molecule has 1 heterocycles. The number of rotatable bonds is 5. The lowest BCUT2D eigenvalue weighted by molar-refractivity contribution is 0.0118. The Hall–Kier alpha value is -1.93. The first kappa shape index (κ1) is 19.1. The minimum atomic E-state index is -3.14. The molecule has 0 spiro atoms. The van der Waals surface area contributed by atoms with Gasteiger partial charge in [-0.3, -0.25) is 9.69 Å². The number of urea groups is 1. The summed E-state index contributed by atoms with van der Waals surface area (Å²) in [6.07, 6.45) is 0.797. The van der Waals surface area contributed by atoms with E-state index in [9.17, 15) is 18.4 Å². The van der Waals surface area contributed by atoms with Gasteiger partial charge in [-0.05, 0) is 24.6 Å². The minimum Gasteiger partial charge on any atom is -0.346 e. The van der Waals surface area contributed by atoms with Crippen molar-refractivity contribution >= 4 is 30.0 Å². The molecule has 1 aromatic carbocycles. The minimum absolute atomic E-state index is 0. The summed E-state index contributed by atoms with van der Waals surface area (Å²) in [4.78, 5) is 25.2. The third-order valence-electron chi connectivity index (χ3n) is 3.31. The third-order valence-corrected chi connectivity index (χ3v) is 3.31. The maximum absolute atomic E-state index is 13.0. The van der Waals surface area contributed by atoms with Crippen molar-refractivity contribution < 1.29 is 18.4 Å². The Kier molecular flexibility index (Phi) is 6.71. The fraction of sp³-hybridized carbons (Fsp3) is 0.429. The van der Waals surface area contributed by atoms with Gasteiger partial charge < -0.3 is 16.4 Å². The smallest absolute Gasteiger partial charge is 0.321 e. The molecule has 0 atom stereocenters. The highest BCUT2D eigenvalue weighted by atomic mass is 35.5. The van der Waals surface area contributed by atoms with Crippen molar-refractivity contribution in [2.24, 2.45) is 5.73 Å². The fourth-order valence-corrected chi connectivity index (χ4v) is 2.07. The summed E-state index contributed by atoms with van der Waals surface area (Å²) in [6.45, 7) is -0.496. The molecule has 9 heteroatoms. The first-order chi connectivity index (χ1) is 10.4. The quantitative estimate of drug-likeness (QED) is 0.750. The fourth-order valence-electron chi connectivity index (χ4n) is 2.07. The van der Waals surface area contributed by atoms with Crippen molar-refractivity contribution in [3.05, 3.63) is 29.8 Å². The van der Waals surface area contributed by atoms with Crippen LogP contribution in [0.3, 0.4) is 0 Å². The maximum atomic E-state index is 13.0. The molecule has 1 aliphatic heterocycles. The van der Waals surface area contributed by atoms with E-state index in [1.165, 1.54) is 17.0 Å². The molecule has 2 rings (SSSR count). The zero-order valence-corrected chi connectivity index (χ0v) is 13.2. The number of hydrogen-bond donors (Lipinski definition) is 3. The van der Waals surface area contributed by atoms with Crippen molar-refractivity contribution in [3.63, 3.8) is 0 Å². The highest BCUT2D eigenvalue weighted by molar-refractivity contribution is 5.97. The second-order valence-corrected chi connectivity index (χ2v) is 5.03. The lowest BCUT2D eigenvalue weighted by Crippen LogP contribution is -2.46. The van der Waals surface area contributed by atoms with E-state index >= 15 is 0 Å². The van der Waals surface area contributed by atoms with Gasteiger partial charge in [0, 0.05) is 24.3 Å². The summed E-state index contributed by atoms with van der Waals surface area (Å²) < 4.78 is 26.1. The third kappa shape index (κ3) is 5.04. The van der Waals surface area contributed by atoms with Crippen LogP contribution >= 0.6 is 12.4 Å². The lowest BCUT2D eigenvalue weighted by atomic mass is 10.1. The number of nitrogens with zero attached hydrogens (tertiary/aromatic N) is 1. The van der Waals surface area contributed by atoms with Gasteiger partial charge in [-0.25, -0.2) is 13.6 Å². The molecule has 1 aliphatic rings. The maximum Gasteiger partial charge on any atom is 0.321 e. The van der Waals surface area contributed by atoms with Crippen molar-refractivity contribution in [2.75, 3.05) is 31.1 Å². The first-order valence-corrected chi connectivity index (χ1v) is 6.94. The molecule has 1 saturated heterocycles. The first-order valence-electron chi connectivity index (χ1n) is 6.94. The number of nitrogens with one attached hydrogen (secondary N) is 2. The number of amides is 3. The summed E-state index contributed by atoms with van der Waals surface area (Å²) in [7, 11) is 0. The van der Waals surface area contributed by atoms with Crippen LogP contribution in [0.25, 0.3) is 0 Å². The number of anilines is 1. The van der Waals surface area contributed by atoms with Crippen molar-refractivity contribution in [2.45, 2.75) is 12.3 Å². The average molecular weight is 349 g/mol. The molecule has 23 heavy (non-hydrogen) atoms. The Morgan fingerprint density at radius 2 is 2.17 bits per heavy atom. The van der Waals surface area contributed by atoms with E-state index in [2.05, 4.69) is 10.6 Å². The summed E-state index contributed by atoms with van der Waals surface area (Å²) in [6, 6.07) is 6.06. The van der Waals surface area contributed by atoms with Gasteiger partial charge in [0.1, 0.15) is 0 Å². The van der Waals surface area contributed by atoms with Crippen LogP contribution in [0, 0.1) is 0 Å².